The summed E-state index contributed by atoms with van der Waals surface area (Å²) < 4.78 is 0. The quantitative estimate of drug-likeness (QED) is 0.753. The third kappa shape index (κ3) is 4.52. The van der Waals surface area contributed by atoms with E-state index in [-0.39, 0.29) is 5.91 Å². The molecule has 0 bridgehead atoms. The average Bonchev–Trinajstić information content (AvgIpc) is 2.34. The molecule has 1 N–H and O–H groups in total. The van der Waals surface area contributed by atoms with E-state index in [0.717, 1.165) is 19.5 Å². The van der Waals surface area contributed by atoms with E-state index >= 15 is 0 Å². The fraction of sp³-hybridized carbons (Fsp3) is 0.923. The van der Waals surface area contributed by atoms with Gasteiger partial charge < -0.3 is 5.32 Å². The van der Waals surface area contributed by atoms with E-state index in [9.17, 15) is 4.79 Å². The number of nitrogens with one attached hydrogen (secondary N) is 1. The predicted molar refractivity (Wildman–Crippen MR) is 67.4 cm³/mol. The average molecular weight is 226 g/mol. The molecule has 1 heterocycles. The zero-order valence-electron chi connectivity index (χ0n) is 10.8. The van der Waals surface area contributed by atoms with Crippen LogP contribution in [-0.2, 0) is 4.79 Å². The molecule has 0 aromatic carbocycles. The Morgan fingerprint density at radius 3 is 2.88 bits per heavy atom. The molecule has 0 aromatic rings. The van der Waals surface area contributed by atoms with Crippen LogP contribution >= 0.6 is 0 Å². The van der Waals surface area contributed by atoms with Gasteiger partial charge in [-0.3, -0.25) is 9.69 Å². The molecule has 94 valence electrons. The molecule has 0 radical (unpaired) electrons. The zero-order valence-corrected chi connectivity index (χ0v) is 10.8. The zero-order chi connectivity index (χ0) is 11.8. The number of amides is 1. The third-order valence-corrected chi connectivity index (χ3v) is 3.42. The van der Waals surface area contributed by atoms with Crippen LogP contribution in [0.1, 0.15) is 52.4 Å². The predicted octanol–water partition coefficient (Wildman–Crippen LogP) is 2.17. The summed E-state index contributed by atoms with van der Waals surface area (Å²) in [6, 6.07) is 0.715. The van der Waals surface area contributed by atoms with E-state index in [1.807, 2.05) is 0 Å². The van der Waals surface area contributed by atoms with Crippen LogP contribution in [0.4, 0.5) is 0 Å². The first kappa shape index (κ1) is 13.5. The number of carbonyl (C=O) groups excluding carboxylic acids is 1. The van der Waals surface area contributed by atoms with Gasteiger partial charge in [-0.2, -0.15) is 0 Å². The molecule has 1 atom stereocenters. The Kier molecular flexibility index (Phi) is 6.46. The van der Waals surface area contributed by atoms with Gasteiger partial charge in [0.05, 0.1) is 0 Å². The minimum atomic E-state index is 0.210. The van der Waals surface area contributed by atoms with Crippen LogP contribution in [0.2, 0.25) is 0 Å². The van der Waals surface area contributed by atoms with Crippen LogP contribution in [0.5, 0.6) is 0 Å². The van der Waals surface area contributed by atoms with Crippen LogP contribution < -0.4 is 5.32 Å². The van der Waals surface area contributed by atoms with Crippen LogP contribution in [-0.4, -0.2) is 36.5 Å². The molecule has 1 rings (SSSR count). The lowest BCUT2D eigenvalue weighted by atomic mass is 10.00. The number of carbonyl (C=O) groups is 1. The second-order valence-electron chi connectivity index (χ2n) is 4.69. The van der Waals surface area contributed by atoms with E-state index < -0.39 is 0 Å². The van der Waals surface area contributed by atoms with Crippen molar-refractivity contribution < 1.29 is 4.79 Å². The summed E-state index contributed by atoms with van der Waals surface area (Å²) in [6.07, 6.45) is 6.87. The van der Waals surface area contributed by atoms with Crippen LogP contribution in [0.3, 0.4) is 0 Å². The lowest BCUT2D eigenvalue weighted by Crippen LogP contribution is -2.41. The fourth-order valence-electron chi connectivity index (χ4n) is 2.41. The highest BCUT2D eigenvalue weighted by atomic mass is 16.1. The molecular weight excluding hydrogens is 200 g/mol. The van der Waals surface area contributed by atoms with Gasteiger partial charge in [0.2, 0.25) is 5.91 Å². The molecule has 1 fully saturated rings. The maximum Gasteiger partial charge on any atom is 0.221 e. The van der Waals surface area contributed by atoms with Crippen molar-refractivity contribution in [1.82, 2.24) is 10.2 Å². The summed E-state index contributed by atoms with van der Waals surface area (Å²) in [6.45, 7) is 7.27. The van der Waals surface area contributed by atoms with Gasteiger partial charge in [0.15, 0.2) is 0 Å². The topological polar surface area (TPSA) is 32.3 Å². The maximum atomic E-state index is 11.5. The SMILES string of the molecule is CCCNC(=O)CCN1CCCCC1CC. The van der Waals surface area contributed by atoms with Gasteiger partial charge in [0.1, 0.15) is 0 Å². The molecule has 3 heteroatoms. The standard InChI is InChI=1S/C13H26N2O/c1-3-9-14-13(16)8-11-15-10-6-5-7-12(15)4-2/h12H,3-11H2,1-2H3,(H,14,16). The molecule has 16 heavy (non-hydrogen) atoms. The highest BCUT2D eigenvalue weighted by Crippen LogP contribution is 2.19. The maximum absolute atomic E-state index is 11.5. The monoisotopic (exact) mass is 226 g/mol. The van der Waals surface area contributed by atoms with E-state index in [4.69, 9.17) is 0 Å². The fourth-order valence-corrected chi connectivity index (χ4v) is 2.41. The van der Waals surface area contributed by atoms with Crippen LogP contribution in [0.15, 0.2) is 0 Å². The lowest BCUT2D eigenvalue weighted by molar-refractivity contribution is -0.121. The molecule has 0 saturated carbocycles. The Hall–Kier alpha value is -0.570. The first-order valence-electron chi connectivity index (χ1n) is 6.78. The Morgan fingerprint density at radius 1 is 1.38 bits per heavy atom. The van der Waals surface area contributed by atoms with Gasteiger partial charge in [0.25, 0.3) is 0 Å². The highest BCUT2D eigenvalue weighted by Gasteiger charge is 2.20. The minimum Gasteiger partial charge on any atom is -0.356 e. The van der Waals surface area contributed by atoms with Crippen molar-refractivity contribution in [3.05, 3.63) is 0 Å². The summed E-state index contributed by atoms with van der Waals surface area (Å²) in [5.41, 5.74) is 0. The van der Waals surface area contributed by atoms with Crippen molar-refractivity contribution in [2.75, 3.05) is 19.6 Å². The van der Waals surface area contributed by atoms with Crippen molar-refractivity contribution >= 4 is 5.91 Å². The Balaban J connectivity index is 2.21. The molecule has 1 unspecified atom stereocenters. The van der Waals surface area contributed by atoms with Gasteiger partial charge in [-0.25, -0.2) is 0 Å². The molecule has 0 aliphatic carbocycles. The van der Waals surface area contributed by atoms with E-state index in [0.29, 0.717) is 12.5 Å². The second-order valence-corrected chi connectivity index (χ2v) is 4.69. The number of hydrogen-bond donors (Lipinski definition) is 1. The summed E-state index contributed by atoms with van der Waals surface area (Å²) in [5, 5.41) is 2.94. The summed E-state index contributed by atoms with van der Waals surface area (Å²) >= 11 is 0. The first-order valence-corrected chi connectivity index (χ1v) is 6.78. The Bertz CT molecular complexity index is 206. The smallest absolute Gasteiger partial charge is 0.221 e. The van der Waals surface area contributed by atoms with Gasteiger partial charge in [-0.05, 0) is 32.2 Å². The minimum absolute atomic E-state index is 0.210. The number of likely N-dealkylation sites (tertiary alicyclic amines) is 1. The Labute approximate surface area is 99.6 Å². The van der Waals surface area contributed by atoms with Gasteiger partial charge >= 0.3 is 0 Å². The first-order chi connectivity index (χ1) is 7.77. The van der Waals surface area contributed by atoms with Crippen molar-refractivity contribution in [3.63, 3.8) is 0 Å². The number of rotatable bonds is 6. The van der Waals surface area contributed by atoms with E-state index in [1.165, 1.54) is 32.2 Å². The molecule has 0 aromatic heterocycles. The van der Waals surface area contributed by atoms with Gasteiger partial charge in [0, 0.05) is 25.6 Å². The highest BCUT2D eigenvalue weighted by molar-refractivity contribution is 5.75. The second kappa shape index (κ2) is 7.66. The molecule has 1 amide bonds. The largest absolute Gasteiger partial charge is 0.356 e. The van der Waals surface area contributed by atoms with Crippen LogP contribution in [0, 0.1) is 0 Å². The molecule has 1 aliphatic heterocycles. The van der Waals surface area contributed by atoms with Crippen molar-refractivity contribution in [3.8, 4) is 0 Å². The molecule has 3 nitrogen and oxygen atoms in total. The van der Waals surface area contributed by atoms with Crippen molar-refractivity contribution in [2.24, 2.45) is 0 Å². The van der Waals surface area contributed by atoms with E-state index in [2.05, 4.69) is 24.1 Å². The summed E-state index contributed by atoms with van der Waals surface area (Å²) in [4.78, 5) is 14.0. The molecule has 1 saturated heterocycles. The summed E-state index contributed by atoms with van der Waals surface area (Å²) in [5.74, 6) is 0.210. The number of piperidine rings is 1. The van der Waals surface area contributed by atoms with Crippen molar-refractivity contribution in [1.29, 1.82) is 0 Å². The molecular formula is C13H26N2O. The molecule has 0 spiro atoms. The lowest BCUT2D eigenvalue weighted by Gasteiger charge is -2.34. The molecule has 1 aliphatic rings. The van der Waals surface area contributed by atoms with Gasteiger partial charge in [-0.1, -0.05) is 20.3 Å². The van der Waals surface area contributed by atoms with E-state index in [1.54, 1.807) is 0 Å². The summed E-state index contributed by atoms with van der Waals surface area (Å²) in [7, 11) is 0. The van der Waals surface area contributed by atoms with Gasteiger partial charge in [-0.15, -0.1) is 0 Å². The Morgan fingerprint density at radius 2 is 2.19 bits per heavy atom. The third-order valence-electron chi connectivity index (χ3n) is 3.42. The number of hydrogen-bond acceptors (Lipinski definition) is 2. The normalized spacial score (nSPS) is 22.0. The number of nitrogens with zero attached hydrogens (tertiary/aromatic N) is 1. The van der Waals surface area contributed by atoms with Crippen molar-refractivity contribution in [2.45, 2.75) is 58.4 Å². The van der Waals surface area contributed by atoms with Crippen LogP contribution in [0.25, 0.3) is 0 Å².